The molecule has 0 saturated carbocycles. The molecule has 2 nitrogen and oxygen atoms in total. The second kappa shape index (κ2) is 8.00. The van der Waals surface area contributed by atoms with Crippen molar-refractivity contribution in [2.45, 2.75) is 69.2 Å². The second-order valence-corrected chi connectivity index (χ2v) is 7.87. The summed E-state index contributed by atoms with van der Waals surface area (Å²) in [6, 6.07) is 0. The van der Waals surface area contributed by atoms with Gasteiger partial charge in [-0.15, -0.1) is 0 Å². The van der Waals surface area contributed by atoms with Gasteiger partial charge in [-0.3, -0.25) is 0 Å². The molecular weight excluding hydrogens is 272 g/mol. The lowest BCUT2D eigenvalue weighted by Gasteiger charge is -2.19. The van der Waals surface area contributed by atoms with Gasteiger partial charge in [0, 0.05) is 11.1 Å². The van der Waals surface area contributed by atoms with E-state index in [1.807, 2.05) is 27.7 Å². The molecule has 0 bridgehead atoms. The van der Waals surface area contributed by atoms with Crippen LogP contribution >= 0.6 is 0 Å². The molecule has 0 spiro atoms. The van der Waals surface area contributed by atoms with Gasteiger partial charge in [-0.25, -0.2) is 9.78 Å². The predicted molar refractivity (Wildman–Crippen MR) is 93.4 cm³/mol. The Labute approximate surface area is 136 Å². The summed E-state index contributed by atoms with van der Waals surface area (Å²) in [6.07, 6.45) is 5.13. The van der Waals surface area contributed by atoms with Crippen LogP contribution < -0.4 is 0 Å². The van der Waals surface area contributed by atoms with Crippen LogP contribution in [0.3, 0.4) is 0 Å². The zero-order chi connectivity index (χ0) is 17.6. The Balaban J connectivity index is 4.87. The summed E-state index contributed by atoms with van der Waals surface area (Å²) >= 11 is 0. The number of allylic oxidation sites excluding steroid dienone is 4. The van der Waals surface area contributed by atoms with E-state index in [0.717, 1.165) is 11.1 Å². The highest BCUT2D eigenvalue weighted by Crippen LogP contribution is 2.27. The highest BCUT2D eigenvalue weighted by molar-refractivity contribution is 5.36. The highest BCUT2D eigenvalue weighted by Gasteiger charge is 2.17. The molecule has 0 rings (SSSR count). The van der Waals surface area contributed by atoms with Crippen molar-refractivity contribution < 1.29 is 9.78 Å². The lowest BCUT2D eigenvalue weighted by Crippen LogP contribution is -2.09. The third-order valence-corrected chi connectivity index (χ3v) is 2.98. The Bertz CT molecular complexity index is 506. The number of hydrogen-bond donors (Lipinski definition) is 0. The van der Waals surface area contributed by atoms with Crippen LogP contribution in [-0.4, -0.2) is 0 Å². The molecule has 0 radical (unpaired) electrons. The van der Waals surface area contributed by atoms with Crippen LogP contribution in [0.2, 0.25) is 0 Å². The normalized spacial score (nSPS) is 10.5. The summed E-state index contributed by atoms with van der Waals surface area (Å²) in [4.78, 5) is 9.72. The summed E-state index contributed by atoms with van der Waals surface area (Å²) in [5.41, 5.74) is 4.42. The average molecular weight is 302 g/mol. The van der Waals surface area contributed by atoms with E-state index in [9.17, 15) is 0 Å². The quantitative estimate of drug-likeness (QED) is 0.271. The summed E-state index contributed by atoms with van der Waals surface area (Å²) in [5, 5.41) is 0. The minimum absolute atomic E-state index is 0.0116. The molecular formula is C20H30O2. The molecule has 0 aromatic rings. The first-order chi connectivity index (χ1) is 9.87. The Morgan fingerprint density at radius 3 is 1.05 bits per heavy atom. The molecule has 0 amide bonds. The zero-order valence-electron chi connectivity index (χ0n) is 15.8. The predicted octanol–water partition coefficient (Wildman–Crippen LogP) is 5.62. The topological polar surface area (TPSA) is 18.5 Å². The van der Waals surface area contributed by atoms with Crippen LogP contribution in [0.25, 0.3) is 0 Å². The van der Waals surface area contributed by atoms with Crippen molar-refractivity contribution in [3.63, 3.8) is 0 Å². The van der Waals surface area contributed by atoms with Gasteiger partial charge in [0.2, 0.25) is 0 Å². The van der Waals surface area contributed by atoms with Crippen molar-refractivity contribution in [1.29, 1.82) is 0 Å². The third kappa shape index (κ3) is 7.28. The molecule has 0 heterocycles. The van der Waals surface area contributed by atoms with Gasteiger partial charge in [0.1, 0.15) is 0 Å². The van der Waals surface area contributed by atoms with Crippen molar-refractivity contribution in [1.82, 2.24) is 0 Å². The number of hydrogen-bond acceptors (Lipinski definition) is 2. The van der Waals surface area contributed by atoms with Crippen LogP contribution in [0.5, 0.6) is 0 Å². The van der Waals surface area contributed by atoms with Crippen LogP contribution in [0, 0.1) is 34.9 Å². The fraction of sp³-hybridized carbons (Fsp3) is 0.600. The van der Waals surface area contributed by atoms with Crippen molar-refractivity contribution >= 4 is 0 Å². The maximum atomic E-state index is 4.86. The minimum Gasteiger partial charge on any atom is -0.224 e. The van der Waals surface area contributed by atoms with E-state index in [2.05, 4.69) is 65.6 Å². The van der Waals surface area contributed by atoms with Crippen LogP contribution in [-0.2, 0) is 9.78 Å². The summed E-state index contributed by atoms with van der Waals surface area (Å²) in [6.45, 7) is 20.9. The van der Waals surface area contributed by atoms with E-state index in [1.54, 1.807) is 0 Å². The number of rotatable bonds is 1. The molecule has 0 atom stereocenters. The average Bonchev–Trinajstić information content (AvgIpc) is 2.27. The largest absolute Gasteiger partial charge is 0.224 e. The van der Waals surface area contributed by atoms with Crippen LogP contribution in [0.1, 0.15) is 69.2 Å². The van der Waals surface area contributed by atoms with Crippen molar-refractivity contribution in [2.75, 3.05) is 0 Å². The highest BCUT2D eigenvalue weighted by atomic mass is 17.2. The molecule has 0 unspecified atom stereocenters. The smallest absolute Gasteiger partial charge is 0.177 e. The van der Waals surface area contributed by atoms with Crippen LogP contribution in [0.15, 0.2) is 22.3 Å². The lowest BCUT2D eigenvalue weighted by atomic mass is 9.84. The van der Waals surface area contributed by atoms with Crippen molar-refractivity contribution in [2.24, 2.45) is 10.8 Å². The zero-order valence-corrected chi connectivity index (χ0v) is 15.8. The standard InChI is InChI=1S/C20H30O2/c1-15(2)17(19(5,6)7)11-13-21-22-14-12-18(16(3)4)20(8,9)10/h1-10H3. The molecule has 0 N–H and O–H groups in total. The summed E-state index contributed by atoms with van der Waals surface area (Å²) in [7, 11) is 0. The molecule has 0 aliphatic heterocycles. The van der Waals surface area contributed by atoms with E-state index in [4.69, 9.17) is 9.78 Å². The lowest BCUT2D eigenvalue weighted by molar-refractivity contribution is -0.167. The van der Waals surface area contributed by atoms with Gasteiger partial charge in [0.05, 0.1) is 0 Å². The van der Waals surface area contributed by atoms with Crippen LogP contribution in [0.4, 0.5) is 0 Å². The maximum Gasteiger partial charge on any atom is 0.177 e. The summed E-state index contributed by atoms with van der Waals surface area (Å²) < 4.78 is 0. The Hall–Kier alpha value is -1.80. The van der Waals surface area contributed by atoms with E-state index in [-0.39, 0.29) is 10.8 Å². The van der Waals surface area contributed by atoms with E-state index >= 15 is 0 Å². The fourth-order valence-corrected chi connectivity index (χ4v) is 2.31. The van der Waals surface area contributed by atoms with Gasteiger partial charge in [-0.2, -0.15) is 0 Å². The monoisotopic (exact) mass is 302 g/mol. The molecule has 0 aromatic carbocycles. The van der Waals surface area contributed by atoms with Gasteiger partial charge in [0.15, 0.2) is 12.2 Å². The Morgan fingerprint density at radius 1 is 0.591 bits per heavy atom. The van der Waals surface area contributed by atoms with Crippen molar-refractivity contribution in [3.05, 3.63) is 22.3 Å². The molecule has 0 aromatic heterocycles. The second-order valence-electron chi connectivity index (χ2n) is 7.87. The van der Waals surface area contributed by atoms with Gasteiger partial charge in [-0.1, -0.05) is 52.7 Å². The molecule has 0 aliphatic carbocycles. The first kappa shape index (κ1) is 20.2. The molecule has 2 heteroatoms. The van der Waals surface area contributed by atoms with Gasteiger partial charge >= 0.3 is 0 Å². The third-order valence-electron chi connectivity index (χ3n) is 2.98. The van der Waals surface area contributed by atoms with Gasteiger partial charge in [0.25, 0.3) is 0 Å². The molecule has 0 saturated heterocycles. The van der Waals surface area contributed by atoms with E-state index in [0.29, 0.717) is 0 Å². The Morgan fingerprint density at radius 2 is 0.864 bits per heavy atom. The maximum absolute atomic E-state index is 4.86. The SMILES string of the molecule is CC(C)=C(C#COOC#CC(=C(C)C)C(C)(C)C)C(C)(C)C. The fourth-order valence-electron chi connectivity index (χ4n) is 2.31. The first-order valence-electron chi connectivity index (χ1n) is 7.57. The molecule has 0 aliphatic rings. The van der Waals surface area contributed by atoms with E-state index in [1.165, 1.54) is 11.1 Å². The molecule has 122 valence electrons. The summed E-state index contributed by atoms with van der Waals surface area (Å²) in [5.74, 6) is 6.01. The van der Waals surface area contributed by atoms with Crippen molar-refractivity contribution in [3.8, 4) is 24.1 Å². The molecule has 22 heavy (non-hydrogen) atoms. The van der Waals surface area contributed by atoms with Gasteiger partial charge in [-0.05, 0) is 50.4 Å². The Kier molecular flexibility index (Phi) is 7.34. The van der Waals surface area contributed by atoms with E-state index < -0.39 is 0 Å². The minimum atomic E-state index is -0.0116. The van der Waals surface area contributed by atoms with Gasteiger partial charge < -0.3 is 0 Å². The first-order valence-corrected chi connectivity index (χ1v) is 7.57. The molecule has 0 fully saturated rings.